The molecule has 2 heterocycles. The highest BCUT2D eigenvalue weighted by Crippen LogP contribution is 2.29. The van der Waals surface area contributed by atoms with Gasteiger partial charge in [-0.1, -0.05) is 0 Å². The molecule has 1 aromatic heterocycles. The maximum Gasteiger partial charge on any atom is 0.255 e. The number of aromatic amines is 1. The number of carbonyl (C=O) groups is 1. The molecule has 3 rings (SSSR count). The largest absolute Gasteiger partial charge is 0.383 e. The second kappa shape index (κ2) is 8.50. The monoisotopic (exact) mass is 373 g/mol. The lowest BCUT2D eigenvalue weighted by atomic mass is 10.2. The molecule has 1 aromatic rings. The molecule has 5 N–H and O–H groups in total. The van der Waals surface area contributed by atoms with Gasteiger partial charge >= 0.3 is 0 Å². The van der Waals surface area contributed by atoms with Crippen LogP contribution in [-0.2, 0) is 4.74 Å². The third kappa shape index (κ3) is 5.26. The number of halogens is 1. The SMILES string of the molecule is COCC1CCCN1.NC(=O)c1c(NCC2CC2)n[nH]c1Br. The van der Waals surface area contributed by atoms with E-state index in [1.807, 2.05) is 0 Å². The van der Waals surface area contributed by atoms with E-state index in [0.29, 0.717) is 22.0 Å². The van der Waals surface area contributed by atoms with E-state index in [9.17, 15) is 4.79 Å². The number of rotatable bonds is 6. The molecule has 7 nitrogen and oxygen atoms in total. The highest BCUT2D eigenvalue weighted by atomic mass is 79.9. The van der Waals surface area contributed by atoms with Crippen LogP contribution >= 0.6 is 15.9 Å². The molecule has 22 heavy (non-hydrogen) atoms. The van der Waals surface area contributed by atoms with Gasteiger partial charge in [0.05, 0.1) is 6.61 Å². The molecule has 2 aliphatic rings. The number of hydrogen-bond acceptors (Lipinski definition) is 5. The number of nitrogens with zero attached hydrogens (tertiary/aromatic N) is 1. The molecule has 1 aliphatic heterocycles. The molecular formula is C14H24BrN5O2. The Hall–Kier alpha value is -1.12. The van der Waals surface area contributed by atoms with E-state index < -0.39 is 5.91 Å². The fraction of sp³-hybridized carbons (Fsp3) is 0.714. The predicted molar refractivity (Wildman–Crippen MR) is 88.9 cm³/mol. The Kier molecular flexibility index (Phi) is 6.66. The number of carbonyl (C=O) groups excluding carboxylic acids is 1. The van der Waals surface area contributed by atoms with Gasteiger partial charge in [-0.05, 0) is 54.1 Å². The van der Waals surface area contributed by atoms with Crippen molar-refractivity contribution < 1.29 is 9.53 Å². The molecule has 0 aromatic carbocycles. The first-order valence-corrected chi connectivity index (χ1v) is 8.41. The first-order chi connectivity index (χ1) is 10.6. The number of anilines is 1. The van der Waals surface area contributed by atoms with Crippen molar-refractivity contribution >= 4 is 27.7 Å². The van der Waals surface area contributed by atoms with Crippen LogP contribution in [0, 0.1) is 5.92 Å². The minimum atomic E-state index is -0.482. The summed E-state index contributed by atoms with van der Waals surface area (Å²) < 4.78 is 5.49. The maximum atomic E-state index is 11.1. The number of primary amides is 1. The molecule has 1 aliphatic carbocycles. The summed E-state index contributed by atoms with van der Waals surface area (Å²) in [6.07, 6.45) is 5.11. The van der Waals surface area contributed by atoms with E-state index in [4.69, 9.17) is 10.5 Å². The van der Waals surface area contributed by atoms with Crippen LogP contribution in [0.15, 0.2) is 4.60 Å². The zero-order valence-corrected chi connectivity index (χ0v) is 14.4. The summed E-state index contributed by atoms with van der Waals surface area (Å²) in [6.45, 7) is 2.91. The number of nitrogens with one attached hydrogen (secondary N) is 3. The van der Waals surface area contributed by atoms with Crippen LogP contribution < -0.4 is 16.4 Å². The summed E-state index contributed by atoms with van der Waals surface area (Å²) in [5, 5.41) is 13.1. The van der Waals surface area contributed by atoms with Gasteiger partial charge in [0.25, 0.3) is 5.91 Å². The van der Waals surface area contributed by atoms with Crippen LogP contribution in [0.1, 0.15) is 36.0 Å². The summed E-state index contributed by atoms with van der Waals surface area (Å²) in [4.78, 5) is 11.1. The van der Waals surface area contributed by atoms with E-state index in [2.05, 4.69) is 36.8 Å². The zero-order chi connectivity index (χ0) is 15.9. The number of aromatic nitrogens is 2. The van der Waals surface area contributed by atoms with Crippen LogP contribution in [0.4, 0.5) is 5.82 Å². The molecule has 1 atom stereocenters. The Morgan fingerprint density at radius 2 is 2.27 bits per heavy atom. The average molecular weight is 374 g/mol. The first-order valence-electron chi connectivity index (χ1n) is 7.61. The van der Waals surface area contributed by atoms with Gasteiger partial charge < -0.3 is 21.1 Å². The lowest BCUT2D eigenvalue weighted by molar-refractivity contribution is 0.100. The molecule has 124 valence electrons. The van der Waals surface area contributed by atoms with Gasteiger partial charge in [-0.3, -0.25) is 9.89 Å². The molecule has 0 spiro atoms. The van der Waals surface area contributed by atoms with Crippen molar-refractivity contribution in [3.8, 4) is 0 Å². The van der Waals surface area contributed by atoms with E-state index in [0.717, 1.165) is 19.1 Å². The quantitative estimate of drug-likeness (QED) is 0.604. The molecule has 1 unspecified atom stereocenters. The topological polar surface area (TPSA) is 105 Å². The zero-order valence-electron chi connectivity index (χ0n) is 12.8. The van der Waals surface area contributed by atoms with Gasteiger partial charge in [-0.2, -0.15) is 5.10 Å². The Morgan fingerprint density at radius 1 is 1.50 bits per heavy atom. The Balaban J connectivity index is 0.000000188. The molecule has 1 saturated heterocycles. The number of nitrogens with two attached hydrogens (primary N) is 1. The van der Waals surface area contributed by atoms with Gasteiger partial charge in [-0.25, -0.2) is 0 Å². The fourth-order valence-electron chi connectivity index (χ4n) is 2.34. The predicted octanol–water partition coefficient (Wildman–Crippen LogP) is 1.48. The molecule has 1 saturated carbocycles. The van der Waals surface area contributed by atoms with Crippen molar-refractivity contribution in [2.24, 2.45) is 11.7 Å². The van der Waals surface area contributed by atoms with Gasteiger partial charge in [0.15, 0.2) is 5.82 Å². The minimum Gasteiger partial charge on any atom is -0.383 e. The van der Waals surface area contributed by atoms with Crippen LogP contribution in [0.25, 0.3) is 0 Å². The number of methoxy groups -OCH3 is 1. The van der Waals surface area contributed by atoms with Crippen LogP contribution in [0.2, 0.25) is 0 Å². The molecule has 2 fully saturated rings. The summed E-state index contributed by atoms with van der Waals surface area (Å²) >= 11 is 3.18. The van der Waals surface area contributed by atoms with Crippen molar-refractivity contribution in [2.75, 3.05) is 32.1 Å². The maximum absolute atomic E-state index is 11.1. The highest BCUT2D eigenvalue weighted by molar-refractivity contribution is 9.10. The van der Waals surface area contributed by atoms with E-state index in [1.54, 1.807) is 7.11 Å². The van der Waals surface area contributed by atoms with Crippen LogP contribution in [0.5, 0.6) is 0 Å². The van der Waals surface area contributed by atoms with E-state index >= 15 is 0 Å². The van der Waals surface area contributed by atoms with Gasteiger partial charge in [-0.15, -0.1) is 0 Å². The standard InChI is InChI=1S/C8H11BrN4O.C6H13NO/c9-6-5(7(10)14)8(13-12-6)11-3-4-1-2-4;1-8-5-6-3-2-4-7-6/h4H,1-3H2,(H2,10,14)(H2,11,12,13);6-7H,2-5H2,1H3. The van der Waals surface area contributed by atoms with Crippen molar-refractivity contribution in [1.82, 2.24) is 15.5 Å². The smallest absolute Gasteiger partial charge is 0.255 e. The normalized spacial score (nSPS) is 20.4. The van der Waals surface area contributed by atoms with Crippen molar-refractivity contribution in [3.05, 3.63) is 10.2 Å². The first kappa shape index (κ1) is 17.2. The Labute approximate surface area is 138 Å². The number of amides is 1. The van der Waals surface area contributed by atoms with Gasteiger partial charge in [0.1, 0.15) is 10.2 Å². The summed E-state index contributed by atoms with van der Waals surface area (Å²) in [6, 6.07) is 0.639. The lowest BCUT2D eigenvalue weighted by Gasteiger charge is -2.05. The second-order valence-corrected chi connectivity index (χ2v) is 6.49. The van der Waals surface area contributed by atoms with E-state index in [1.165, 1.54) is 32.2 Å². The average Bonchev–Trinajstić information content (AvgIpc) is 3.02. The van der Waals surface area contributed by atoms with Crippen LogP contribution in [-0.4, -0.2) is 49.0 Å². The Morgan fingerprint density at radius 3 is 2.82 bits per heavy atom. The van der Waals surface area contributed by atoms with Gasteiger partial charge in [0, 0.05) is 19.7 Å². The highest BCUT2D eigenvalue weighted by Gasteiger charge is 2.23. The Bertz CT molecular complexity index is 484. The summed E-state index contributed by atoms with van der Waals surface area (Å²) in [5.74, 6) is 0.784. The summed E-state index contributed by atoms with van der Waals surface area (Å²) in [5.41, 5.74) is 5.61. The van der Waals surface area contributed by atoms with Crippen molar-refractivity contribution in [3.63, 3.8) is 0 Å². The molecule has 0 radical (unpaired) electrons. The molecule has 0 bridgehead atoms. The molecule has 8 heteroatoms. The summed E-state index contributed by atoms with van der Waals surface area (Å²) in [7, 11) is 1.75. The fourth-order valence-corrected chi connectivity index (χ4v) is 2.81. The third-order valence-electron chi connectivity index (χ3n) is 3.75. The van der Waals surface area contributed by atoms with Crippen LogP contribution in [0.3, 0.4) is 0 Å². The molecular weight excluding hydrogens is 350 g/mol. The van der Waals surface area contributed by atoms with E-state index in [-0.39, 0.29) is 0 Å². The second-order valence-electron chi connectivity index (χ2n) is 5.70. The van der Waals surface area contributed by atoms with Crippen molar-refractivity contribution in [1.29, 1.82) is 0 Å². The number of ether oxygens (including phenoxy) is 1. The lowest BCUT2D eigenvalue weighted by Crippen LogP contribution is -2.25. The molecule has 1 amide bonds. The number of hydrogen-bond donors (Lipinski definition) is 4. The van der Waals surface area contributed by atoms with Gasteiger partial charge in [0.2, 0.25) is 0 Å². The number of H-pyrrole nitrogens is 1. The minimum absolute atomic E-state index is 0.394. The van der Waals surface area contributed by atoms with Crippen molar-refractivity contribution in [2.45, 2.75) is 31.7 Å². The third-order valence-corrected chi connectivity index (χ3v) is 4.33.